The van der Waals surface area contributed by atoms with E-state index in [0.29, 0.717) is 6.42 Å². The molecule has 1 aliphatic heterocycles. The maximum atomic E-state index is 12.2. The van der Waals surface area contributed by atoms with Gasteiger partial charge in [0.1, 0.15) is 0 Å². The molecule has 0 spiro atoms. The normalized spacial score (nSPS) is 16.4. The number of benzene rings is 1. The van der Waals surface area contributed by atoms with Crippen LogP contribution in [0.15, 0.2) is 47.5 Å². The van der Waals surface area contributed by atoms with E-state index in [2.05, 4.69) is 24.8 Å². The summed E-state index contributed by atoms with van der Waals surface area (Å²) in [5, 5.41) is 11.1. The fourth-order valence-electron chi connectivity index (χ4n) is 3.85. The molecule has 1 saturated heterocycles. The Kier molecular flexibility index (Phi) is 5.36. The molecule has 2 N–H and O–H groups in total. The predicted octanol–water partition coefficient (Wildman–Crippen LogP) is 1.74. The van der Waals surface area contributed by atoms with E-state index in [-0.39, 0.29) is 18.2 Å². The first-order valence-electron chi connectivity index (χ1n) is 9.72. The lowest BCUT2D eigenvalue weighted by molar-refractivity contribution is 0.117. The van der Waals surface area contributed by atoms with Gasteiger partial charge in [0, 0.05) is 49.7 Å². The van der Waals surface area contributed by atoms with Gasteiger partial charge in [0.05, 0.1) is 12.6 Å². The number of pyridine rings is 1. The number of aliphatic hydroxyl groups is 1. The molecule has 0 amide bonds. The summed E-state index contributed by atoms with van der Waals surface area (Å²) in [6, 6.07) is 9.73. The highest BCUT2D eigenvalue weighted by atomic mass is 16.3. The molecule has 3 aromatic rings. The minimum atomic E-state index is -0.0994. The van der Waals surface area contributed by atoms with Gasteiger partial charge >= 0.3 is 0 Å². The summed E-state index contributed by atoms with van der Waals surface area (Å²) in [7, 11) is 0. The summed E-state index contributed by atoms with van der Waals surface area (Å²) in [6.07, 6.45) is 4.22. The molecule has 1 aliphatic rings. The van der Waals surface area contributed by atoms with E-state index in [1.54, 1.807) is 12.4 Å². The monoisotopic (exact) mass is 379 g/mol. The Morgan fingerprint density at radius 1 is 1.14 bits per heavy atom. The number of anilines is 1. The Morgan fingerprint density at radius 3 is 2.57 bits per heavy atom. The fourth-order valence-corrected chi connectivity index (χ4v) is 3.85. The van der Waals surface area contributed by atoms with Gasteiger partial charge in [-0.05, 0) is 35.6 Å². The average Bonchev–Trinajstić information content (AvgIpc) is 2.75. The number of aryl methyl sites for hydroxylation is 1. The van der Waals surface area contributed by atoms with Crippen LogP contribution in [-0.2, 0) is 6.42 Å². The minimum absolute atomic E-state index is 0.0324. The van der Waals surface area contributed by atoms with Gasteiger partial charge in [0.25, 0.3) is 5.56 Å². The number of aromatic nitrogens is 3. The van der Waals surface area contributed by atoms with Crippen LogP contribution in [0.2, 0.25) is 0 Å². The average molecular weight is 379 g/mol. The van der Waals surface area contributed by atoms with Crippen LogP contribution >= 0.6 is 0 Å². The zero-order valence-corrected chi connectivity index (χ0v) is 16.0. The lowest BCUT2D eigenvalue weighted by Crippen LogP contribution is -2.48. The SMILES string of the molecule is CCc1cc2ccc(C(CO)N3CCN(c4ncccn4)CC3)cc2[nH]c1=O. The van der Waals surface area contributed by atoms with Gasteiger partial charge in [-0.2, -0.15) is 0 Å². The summed E-state index contributed by atoms with van der Waals surface area (Å²) < 4.78 is 0. The number of nitrogens with one attached hydrogen (secondary N) is 1. The Hall–Kier alpha value is -2.77. The van der Waals surface area contributed by atoms with Crippen molar-refractivity contribution in [2.45, 2.75) is 19.4 Å². The molecular formula is C21H25N5O2. The van der Waals surface area contributed by atoms with Crippen molar-refractivity contribution in [3.63, 3.8) is 0 Å². The van der Waals surface area contributed by atoms with E-state index in [4.69, 9.17) is 0 Å². The van der Waals surface area contributed by atoms with E-state index in [0.717, 1.165) is 54.2 Å². The fraction of sp³-hybridized carbons (Fsp3) is 0.381. The molecule has 0 bridgehead atoms. The quantitative estimate of drug-likeness (QED) is 0.702. The molecule has 7 heteroatoms. The van der Waals surface area contributed by atoms with Gasteiger partial charge in [-0.25, -0.2) is 9.97 Å². The molecule has 146 valence electrons. The molecule has 1 fully saturated rings. The molecule has 0 aliphatic carbocycles. The first kappa shape index (κ1) is 18.6. The highest BCUT2D eigenvalue weighted by Gasteiger charge is 2.25. The topological polar surface area (TPSA) is 85.3 Å². The van der Waals surface area contributed by atoms with Gasteiger partial charge in [0.2, 0.25) is 5.95 Å². The number of piperazine rings is 1. The van der Waals surface area contributed by atoms with Gasteiger partial charge in [-0.15, -0.1) is 0 Å². The van der Waals surface area contributed by atoms with Crippen molar-refractivity contribution in [3.05, 3.63) is 64.2 Å². The first-order chi connectivity index (χ1) is 13.7. The van der Waals surface area contributed by atoms with Crippen LogP contribution in [0.3, 0.4) is 0 Å². The molecule has 0 radical (unpaired) electrons. The molecule has 2 aromatic heterocycles. The minimum Gasteiger partial charge on any atom is -0.394 e. The van der Waals surface area contributed by atoms with Crippen molar-refractivity contribution < 1.29 is 5.11 Å². The van der Waals surface area contributed by atoms with Gasteiger partial charge in [-0.3, -0.25) is 9.69 Å². The Bertz CT molecular complexity index is 997. The van der Waals surface area contributed by atoms with Crippen LogP contribution in [0, 0.1) is 0 Å². The van der Waals surface area contributed by atoms with Crippen molar-refractivity contribution in [2.24, 2.45) is 0 Å². The highest BCUT2D eigenvalue weighted by molar-refractivity contribution is 5.79. The van der Waals surface area contributed by atoms with Crippen molar-refractivity contribution in [2.75, 3.05) is 37.7 Å². The number of rotatable bonds is 5. The summed E-state index contributed by atoms with van der Waals surface area (Å²) in [4.78, 5) is 28.2. The molecular weight excluding hydrogens is 354 g/mol. The highest BCUT2D eigenvalue weighted by Crippen LogP contribution is 2.25. The van der Waals surface area contributed by atoms with Crippen LogP contribution in [0.4, 0.5) is 5.95 Å². The number of hydrogen-bond acceptors (Lipinski definition) is 6. The molecule has 3 heterocycles. The van der Waals surface area contributed by atoms with Crippen molar-refractivity contribution in [3.8, 4) is 0 Å². The van der Waals surface area contributed by atoms with Crippen LogP contribution in [0.5, 0.6) is 0 Å². The number of hydrogen-bond donors (Lipinski definition) is 2. The molecule has 1 unspecified atom stereocenters. The smallest absolute Gasteiger partial charge is 0.251 e. The number of nitrogens with zero attached hydrogens (tertiary/aromatic N) is 4. The zero-order valence-electron chi connectivity index (χ0n) is 16.0. The predicted molar refractivity (Wildman–Crippen MR) is 110 cm³/mol. The van der Waals surface area contributed by atoms with E-state index in [1.165, 1.54) is 0 Å². The zero-order chi connectivity index (χ0) is 19.5. The maximum Gasteiger partial charge on any atom is 0.251 e. The second kappa shape index (κ2) is 8.08. The summed E-state index contributed by atoms with van der Waals surface area (Å²) >= 11 is 0. The standard InChI is InChI=1S/C21H25N5O2/c1-2-15-12-16-4-5-17(13-18(16)24-20(15)28)19(14-27)25-8-10-26(11-9-25)21-22-6-3-7-23-21/h3-7,12-13,19,27H,2,8-11,14H2,1H3,(H,24,28). The van der Waals surface area contributed by atoms with Crippen molar-refractivity contribution in [1.29, 1.82) is 0 Å². The third kappa shape index (κ3) is 3.63. The number of fused-ring (bicyclic) bond motifs is 1. The van der Waals surface area contributed by atoms with Gasteiger partial charge in [0.15, 0.2) is 0 Å². The number of aliphatic hydroxyl groups excluding tert-OH is 1. The molecule has 1 aromatic carbocycles. The first-order valence-corrected chi connectivity index (χ1v) is 9.72. The molecule has 0 saturated carbocycles. The summed E-state index contributed by atoms with van der Waals surface area (Å²) in [5.74, 6) is 0.748. The van der Waals surface area contributed by atoms with E-state index in [1.807, 2.05) is 37.3 Å². The molecule has 1 atom stereocenters. The largest absolute Gasteiger partial charge is 0.394 e. The lowest BCUT2D eigenvalue weighted by Gasteiger charge is -2.38. The van der Waals surface area contributed by atoms with Crippen LogP contribution < -0.4 is 10.5 Å². The summed E-state index contributed by atoms with van der Waals surface area (Å²) in [6.45, 7) is 5.26. The molecule has 4 rings (SSSR count). The second-order valence-electron chi connectivity index (χ2n) is 7.09. The van der Waals surface area contributed by atoms with Gasteiger partial charge < -0.3 is 15.0 Å². The van der Waals surface area contributed by atoms with Gasteiger partial charge in [-0.1, -0.05) is 19.1 Å². The maximum absolute atomic E-state index is 12.2. The van der Waals surface area contributed by atoms with Crippen LogP contribution in [-0.4, -0.2) is 57.7 Å². The second-order valence-corrected chi connectivity index (χ2v) is 7.09. The molecule has 7 nitrogen and oxygen atoms in total. The van der Waals surface area contributed by atoms with E-state index < -0.39 is 0 Å². The Morgan fingerprint density at radius 2 is 1.89 bits per heavy atom. The lowest BCUT2D eigenvalue weighted by atomic mass is 10.0. The van der Waals surface area contributed by atoms with E-state index >= 15 is 0 Å². The Balaban J connectivity index is 1.53. The van der Waals surface area contributed by atoms with Crippen molar-refractivity contribution in [1.82, 2.24) is 19.9 Å². The Labute approximate surface area is 163 Å². The third-order valence-electron chi connectivity index (χ3n) is 5.48. The number of H-pyrrole nitrogens is 1. The number of aromatic amines is 1. The van der Waals surface area contributed by atoms with E-state index in [9.17, 15) is 9.90 Å². The van der Waals surface area contributed by atoms with Crippen LogP contribution in [0.1, 0.15) is 24.1 Å². The summed E-state index contributed by atoms with van der Waals surface area (Å²) in [5.41, 5.74) is 2.58. The molecule has 28 heavy (non-hydrogen) atoms. The third-order valence-corrected chi connectivity index (χ3v) is 5.48. The van der Waals surface area contributed by atoms with Crippen molar-refractivity contribution >= 4 is 16.9 Å². The van der Waals surface area contributed by atoms with Crippen LogP contribution in [0.25, 0.3) is 10.9 Å².